The van der Waals surface area contributed by atoms with E-state index in [0.717, 1.165) is 37.6 Å². The number of hydrogen-bond donors (Lipinski definition) is 1. The van der Waals surface area contributed by atoms with Crippen LogP contribution in [0.2, 0.25) is 0 Å². The maximum Gasteiger partial charge on any atom is 0.266 e. The molecule has 1 fully saturated rings. The van der Waals surface area contributed by atoms with Crippen molar-refractivity contribution in [1.82, 2.24) is 0 Å². The van der Waals surface area contributed by atoms with Gasteiger partial charge in [0.15, 0.2) is 0 Å². The van der Waals surface area contributed by atoms with Gasteiger partial charge in [0.05, 0.1) is 13.2 Å². The van der Waals surface area contributed by atoms with Gasteiger partial charge in [0, 0.05) is 24.5 Å². The molecular weight excluding hydrogens is 338 g/mol. The van der Waals surface area contributed by atoms with Gasteiger partial charge in [0.25, 0.3) is 5.91 Å². The van der Waals surface area contributed by atoms with Gasteiger partial charge in [0.2, 0.25) is 0 Å². The summed E-state index contributed by atoms with van der Waals surface area (Å²) >= 11 is 0. The molecule has 0 unspecified atom stereocenters. The average molecular weight is 359 g/mol. The summed E-state index contributed by atoms with van der Waals surface area (Å²) in [5.74, 6) is -0.422. The van der Waals surface area contributed by atoms with Gasteiger partial charge >= 0.3 is 0 Å². The number of benzene rings is 2. The van der Waals surface area contributed by atoms with Crippen molar-refractivity contribution in [3.05, 3.63) is 77.9 Å². The van der Waals surface area contributed by atoms with E-state index < -0.39 is 5.91 Å². The number of carbonyl (C=O) groups excluding carboxylic acids is 1. The Bertz CT molecular complexity index is 859. The van der Waals surface area contributed by atoms with Gasteiger partial charge in [-0.15, -0.1) is 0 Å². The number of nitrogens with one attached hydrogen (secondary N) is 1. The number of allylic oxidation sites excluding steroid dienone is 2. The molecule has 1 saturated heterocycles. The number of hydrogen-bond acceptors (Lipinski definition) is 4. The van der Waals surface area contributed by atoms with E-state index in [9.17, 15) is 10.1 Å². The van der Waals surface area contributed by atoms with E-state index in [-0.39, 0.29) is 5.57 Å². The number of carbonyl (C=O) groups is 1. The van der Waals surface area contributed by atoms with Crippen LogP contribution in [0.5, 0.6) is 0 Å². The van der Waals surface area contributed by atoms with Crippen LogP contribution in [-0.4, -0.2) is 32.2 Å². The van der Waals surface area contributed by atoms with Crippen molar-refractivity contribution in [1.29, 1.82) is 5.26 Å². The lowest BCUT2D eigenvalue weighted by Gasteiger charge is -2.28. The van der Waals surface area contributed by atoms with Crippen LogP contribution < -0.4 is 10.2 Å². The van der Waals surface area contributed by atoms with Crippen LogP contribution in [0.15, 0.2) is 72.3 Å². The second-order valence-corrected chi connectivity index (χ2v) is 6.06. The van der Waals surface area contributed by atoms with Crippen LogP contribution in [0.3, 0.4) is 0 Å². The van der Waals surface area contributed by atoms with Crippen molar-refractivity contribution in [2.75, 3.05) is 36.5 Å². The standard InChI is InChI=1S/C22H21N3O2/c23-17-19(8-4-7-18-5-2-1-3-6-18)22(26)24-20-9-11-21(12-10-20)25-13-15-27-16-14-25/h1-12H,13-16H2,(H,24,26). The van der Waals surface area contributed by atoms with E-state index in [1.807, 2.05) is 66.7 Å². The summed E-state index contributed by atoms with van der Waals surface area (Å²) in [6.07, 6.45) is 5.07. The second kappa shape index (κ2) is 9.37. The molecule has 0 aromatic heterocycles. The Kier molecular flexibility index (Phi) is 6.40. The lowest BCUT2D eigenvalue weighted by molar-refractivity contribution is -0.112. The first-order valence-corrected chi connectivity index (χ1v) is 8.84. The zero-order chi connectivity index (χ0) is 18.9. The van der Waals surface area contributed by atoms with E-state index in [4.69, 9.17) is 4.74 Å². The topological polar surface area (TPSA) is 65.4 Å². The number of nitrogens with zero attached hydrogens (tertiary/aromatic N) is 2. The number of nitriles is 1. The molecule has 136 valence electrons. The summed E-state index contributed by atoms with van der Waals surface area (Å²) in [6, 6.07) is 19.3. The molecule has 0 bridgehead atoms. The molecule has 0 aliphatic carbocycles. The molecule has 5 heteroatoms. The minimum Gasteiger partial charge on any atom is -0.378 e. The monoisotopic (exact) mass is 359 g/mol. The summed E-state index contributed by atoms with van der Waals surface area (Å²) in [5, 5.41) is 12.0. The maximum atomic E-state index is 12.3. The summed E-state index contributed by atoms with van der Waals surface area (Å²) < 4.78 is 5.36. The zero-order valence-electron chi connectivity index (χ0n) is 15.0. The minimum atomic E-state index is -0.422. The molecule has 27 heavy (non-hydrogen) atoms. The summed E-state index contributed by atoms with van der Waals surface area (Å²) in [5.41, 5.74) is 2.81. The van der Waals surface area contributed by atoms with Crippen LogP contribution in [-0.2, 0) is 9.53 Å². The number of morpholine rings is 1. The van der Waals surface area contributed by atoms with Crippen LogP contribution in [0, 0.1) is 11.3 Å². The zero-order valence-corrected chi connectivity index (χ0v) is 15.0. The van der Waals surface area contributed by atoms with Gasteiger partial charge in [-0.25, -0.2) is 0 Å². The Morgan fingerprint density at radius 3 is 2.44 bits per heavy atom. The lowest BCUT2D eigenvalue weighted by atomic mass is 10.2. The minimum absolute atomic E-state index is 0.0550. The molecule has 1 amide bonds. The Morgan fingerprint density at radius 1 is 1.07 bits per heavy atom. The van der Waals surface area contributed by atoms with Gasteiger partial charge in [-0.05, 0) is 35.9 Å². The van der Waals surface area contributed by atoms with Crippen LogP contribution in [0.4, 0.5) is 11.4 Å². The van der Waals surface area contributed by atoms with Gasteiger partial charge < -0.3 is 15.0 Å². The Hall–Kier alpha value is -3.36. The number of rotatable bonds is 5. The predicted octanol–water partition coefficient (Wildman–Crippen LogP) is 3.63. The molecule has 0 saturated carbocycles. The summed E-state index contributed by atoms with van der Waals surface area (Å²) in [6.45, 7) is 3.18. The molecule has 1 heterocycles. The van der Waals surface area contributed by atoms with Crippen molar-refractivity contribution in [2.45, 2.75) is 0 Å². The lowest BCUT2D eigenvalue weighted by Crippen LogP contribution is -2.36. The van der Waals surface area contributed by atoms with Crippen molar-refractivity contribution in [3.8, 4) is 6.07 Å². The molecule has 1 aliphatic heterocycles. The van der Waals surface area contributed by atoms with E-state index in [1.54, 1.807) is 6.08 Å². The van der Waals surface area contributed by atoms with Gasteiger partial charge in [-0.3, -0.25) is 4.79 Å². The fraction of sp³-hybridized carbons (Fsp3) is 0.182. The predicted molar refractivity (Wildman–Crippen MR) is 107 cm³/mol. The second-order valence-electron chi connectivity index (χ2n) is 6.06. The third-order valence-electron chi connectivity index (χ3n) is 4.22. The number of amides is 1. The molecular formula is C22H21N3O2. The first-order valence-electron chi connectivity index (χ1n) is 8.84. The fourth-order valence-corrected chi connectivity index (χ4v) is 2.76. The van der Waals surface area contributed by atoms with Crippen molar-refractivity contribution >= 4 is 23.4 Å². The molecule has 3 rings (SSSR count). The molecule has 2 aromatic rings. The van der Waals surface area contributed by atoms with Crippen LogP contribution in [0.25, 0.3) is 6.08 Å². The quantitative estimate of drug-likeness (QED) is 0.503. The average Bonchev–Trinajstić information content (AvgIpc) is 2.73. The van der Waals surface area contributed by atoms with E-state index in [0.29, 0.717) is 5.69 Å². The third kappa shape index (κ3) is 5.30. The molecule has 1 N–H and O–H groups in total. The SMILES string of the molecule is N#CC(=CC=Cc1ccccc1)C(=O)Nc1ccc(N2CCOCC2)cc1. The highest BCUT2D eigenvalue weighted by atomic mass is 16.5. The Balaban J connectivity index is 1.61. The van der Waals surface area contributed by atoms with E-state index in [2.05, 4.69) is 10.2 Å². The highest BCUT2D eigenvalue weighted by molar-refractivity contribution is 6.06. The molecule has 0 atom stereocenters. The third-order valence-corrected chi connectivity index (χ3v) is 4.22. The van der Waals surface area contributed by atoms with Crippen molar-refractivity contribution in [2.24, 2.45) is 0 Å². The van der Waals surface area contributed by atoms with Gasteiger partial charge in [-0.2, -0.15) is 5.26 Å². The maximum absolute atomic E-state index is 12.3. The fourth-order valence-electron chi connectivity index (χ4n) is 2.76. The molecule has 2 aromatic carbocycles. The molecule has 0 spiro atoms. The van der Waals surface area contributed by atoms with E-state index >= 15 is 0 Å². The van der Waals surface area contributed by atoms with Crippen molar-refractivity contribution in [3.63, 3.8) is 0 Å². The summed E-state index contributed by atoms with van der Waals surface area (Å²) in [7, 11) is 0. The number of anilines is 2. The largest absolute Gasteiger partial charge is 0.378 e. The van der Waals surface area contributed by atoms with Gasteiger partial charge in [-0.1, -0.05) is 42.5 Å². The highest BCUT2D eigenvalue weighted by Gasteiger charge is 2.12. The molecule has 5 nitrogen and oxygen atoms in total. The molecule has 0 radical (unpaired) electrons. The van der Waals surface area contributed by atoms with Crippen LogP contribution >= 0.6 is 0 Å². The number of ether oxygens (including phenoxy) is 1. The first kappa shape index (κ1) is 18.4. The van der Waals surface area contributed by atoms with Crippen LogP contribution in [0.1, 0.15) is 5.56 Å². The van der Waals surface area contributed by atoms with E-state index in [1.165, 1.54) is 6.08 Å². The van der Waals surface area contributed by atoms with Crippen molar-refractivity contribution < 1.29 is 9.53 Å². The summed E-state index contributed by atoms with van der Waals surface area (Å²) in [4.78, 5) is 14.6. The highest BCUT2D eigenvalue weighted by Crippen LogP contribution is 2.19. The first-order chi connectivity index (χ1) is 13.3. The Morgan fingerprint density at radius 2 is 1.78 bits per heavy atom. The smallest absolute Gasteiger partial charge is 0.266 e. The molecule has 1 aliphatic rings. The Labute approximate surface area is 159 Å². The van der Waals surface area contributed by atoms with Gasteiger partial charge in [0.1, 0.15) is 11.6 Å². The normalized spacial score (nSPS) is 14.8.